The average molecular weight is 400 g/mol. The Bertz CT molecular complexity index is 775. The van der Waals surface area contributed by atoms with Crippen LogP contribution in [0.1, 0.15) is 30.9 Å². The Morgan fingerprint density at radius 3 is 2.83 bits per heavy atom. The van der Waals surface area contributed by atoms with Crippen LogP contribution in [0.15, 0.2) is 35.3 Å². The van der Waals surface area contributed by atoms with Gasteiger partial charge in [0.1, 0.15) is 12.4 Å². The normalized spacial score (nSPS) is 17.4. The SMILES string of the molecule is COCCCNC(=NCc1nnc(C)n1C)NC1CCCN(c2ccccc2)C1. The lowest BCUT2D eigenvalue weighted by molar-refractivity contribution is 0.195. The lowest BCUT2D eigenvalue weighted by atomic mass is 10.1. The summed E-state index contributed by atoms with van der Waals surface area (Å²) < 4.78 is 7.13. The Labute approximate surface area is 173 Å². The van der Waals surface area contributed by atoms with E-state index in [2.05, 4.69) is 56.1 Å². The molecule has 1 atom stereocenters. The van der Waals surface area contributed by atoms with Crippen molar-refractivity contribution in [3.05, 3.63) is 42.0 Å². The first kappa shape index (κ1) is 21.1. The molecule has 0 spiro atoms. The molecule has 0 radical (unpaired) electrons. The Balaban J connectivity index is 1.63. The number of guanidine groups is 1. The monoisotopic (exact) mass is 399 g/mol. The van der Waals surface area contributed by atoms with Crippen LogP contribution in [0.3, 0.4) is 0 Å². The van der Waals surface area contributed by atoms with Gasteiger partial charge in [0.25, 0.3) is 0 Å². The van der Waals surface area contributed by atoms with Crippen molar-refractivity contribution in [1.29, 1.82) is 0 Å². The largest absolute Gasteiger partial charge is 0.385 e. The number of aliphatic imine (C=N–C) groups is 1. The van der Waals surface area contributed by atoms with Crippen molar-refractivity contribution in [3.63, 3.8) is 0 Å². The number of rotatable bonds is 8. The fourth-order valence-electron chi connectivity index (χ4n) is 3.48. The molecule has 3 rings (SSSR count). The molecule has 0 amide bonds. The highest BCUT2D eigenvalue weighted by Gasteiger charge is 2.21. The molecule has 0 aliphatic carbocycles. The topological polar surface area (TPSA) is 79.6 Å². The summed E-state index contributed by atoms with van der Waals surface area (Å²) in [4.78, 5) is 7.21. The quantitative estimate of drug-likeness (QED) is 0.401. The zero-order valence-corrected chi connectivity index (χ0v) is 17.8. The third-order valence-electron chi connectivity index (χ3n) is 5.26. The Hall–Kier alpha value is -2.61. The summed E-state index contributed by atoms with van der Waals surface area (Å²) in [6, 6.07) is 11.0. The van der Waals surface area contributed by atoms with Crippen molar-refractivity contribution in [1.82, 2.24) is 25.4 Å². The first-order valence-corrected chi connectivity index (χ1v) is 10.4. The summed E-state index contributed by atoms with van der Waals surface area (Å²) in [7, 11) is 3.70. The molecule has 1 aromatic heterocycles. The summed E-state index contributed by atoms with van der Waals surface area (Å²) in [5.41, 5.74) is 1.28. The van der Waals surface area contributed by atoms with Gasteiger partial charge in [0, 0.05) is 52.1 Å². The smallest absolute Gasteiger partial charge is 0.191 e. The molecule has 1 aliphatic rings. The molecular formula is C21H33N7O. The lowest BCUT2D eigenvalue weighted by Crippen LogP contribution is -2.51. The number of methoxy groups -OCH3 is 1. The van der Waals surface area contributed by atoms with Crippen LogP contribution in [0.25, 0.3) is 0 Å². The predicted octanol–water partition coefficient (Wildman–Crippen LogP) is 1.86. The van der Waals surface area contributed by atoms with E-state index in [9.17, 15) is 0 Å². The van der Waals surface area contributed by atoms with Crippen molar-refractivity contribution in [2.75, 3.05) is 38.3 Å². The number of para-hydroxylation sites is 1. The van der Waals surface area contributed by atoms with Crippen molar-refractivity contribution in [3.8, 4) is 0 Å². The molecular weight excluding hydrogens is 366 g/mol. The Morgan fingerprint density at radius 1 is 1.28 bits per heavy atom. The van der Waals surface area contributed by atoms with Gasteiger partial charge < -0.3 is 24.8 Å². The highest BCUT2D eigenvalue weighted by atomic mass is 16.5. The highest BCUT2D eigenvalue weighted by molar-refractivity contribution is 5.80. The highest BCUT2D eigenvalue weighted by Crippen LogP contribution is 2.19. The van der Waals surface area contributed by atoms with E-state index in [0.29, 0.717) is 12.6 Å². The number of aromatic nitrogens is 3. The van der Waals surface area contributed by atoms with Gasteiger partial charge in [0.05, 0.1) is 0 Å². The molecule has 1 aromatic carbocycles. The number of hydrogen-bond donors (Lipinski definition) is 2. The lowest BCUT2D eigenvalue weighted by Gasteiger charge is -2.35. The molecule has 2 N–H and O–H groups in total. The minimum atomic E-state index is 0.346. The maximum Gasteiger partial charge on any atom is 0.191 e. The molecule has 8 heteroatoms. The maximum absolute atomic E-state index is 5.16. The molecule has 2 heterocycles. The van der Waals surface area contributed by atoms with Gasteiger partial charge in [-0.15, -0.1) is 10.2 Å². The van der Waals surface area contributed by atoms with Gasteiger partial charge in [-0.1, -0.05) is 18.2 Å². The minimum absolute atomic E-state index is 0.346. The second kappa shape index (κ2) is 10.8. The van der Waals surface area contributed by atoms with Crippen LogP contribution in [0.4, 0.5) is 5.69 Å². The van der Waals surface area contributed by atoms with Gasteiger partial charge in [-0.05, 0) is 38.3 Å². The van der Waals surface area contributed by atoms with E-state index in [-0.39, 0.29) is 0 Å². The van der Waals surface area contributed by atoms with E-state index in [4.69, 9.17) is 9.73 Å². The number of hydrogen-bond acceptors (Lipinski definition) is 5. The molecule has 1 aliphatic heterocycles. The van der Waals surface area contributed by atoms with Gasteiger partial charge in [-0.25, -0.2) is 4.99 Å². The van der Waals surface area contributed by atoms with Crippen LogP contribution >= 0.6 is 0 Å². The number of nitrogens with zero attached hydrogens (tertiary/aromatic N) is 5. The first-order valence-electron chi connectivity index (χ1n) is 10.4. The maximum atomic E-state index is 5.16. The standard InChI is InChI=1S/C21H33N7O/c1-17-25-26-20(27(17)2)15-23-21(22-12-8-14-29-3)24-18-9-7-13-28(16-18)19-10-5-4-6-11-19/h4-6,10-11,18H,7-9,12-16H2,1-3H3,(H2,22,23,24). The zero-order chi connectivity index (χ0) is 20.5. The van der Waals surface area contributed by atoms with Gasteiger partial charge in [0.2, 0.25) is 0 Å². The molecule has 29 heavy (non-hydrogen) atoms. The number of nitrogens with one attached hydrogen (secondary N) is 2. The molecule has 0 bridgehead atoms. The number of aryl methyl sites for hydroxylation is 1. The molecule has 8 nitrogen and oxygen atoms in total. The minimum Gasteiger partial charge on any atom is -0.385 e. The van der Waals surface area contributed by atoms with Crippen LogP contribution in [-0.2, 0) is 18.3 Å². The van der Waals surface area contributed by atoms with E-state index in [1.54, 1.807) is 7.11 Å². The average Bonchev–Trinajstić information content (AvgIpc) is 3.08. The molecule has 158 valence electrons. The zero-order valence-electron chi connectivity index (χ0n) is 17.8. The van der Waals surface area contributed by atoms with Crippen LogP contribution in [0.2, 0.25) is 0 Å². The second-order valence-corrected chi connectivity index (χ2v) is 7.43. The van der Waals surface area contributed by atoms with Crippen LogP contribution in [0, 0.1) is 6.92 Å². The summed E-state index contributed by atoms with van der Waals surface area (Å²) in [5.74, 6) is 2.57. The third-order valence-corrected chi connectivity index (χ3v) is 5.26. The third kappa shape index (κ3) is 6.19. The van der Waals surface area contributed by atoms with E-state index in [1.807, 2.05) is 18.5 Å². The number of benzene rings is 1. The molecule has 1 fully saturated rings. The van der Waals surface area contributed by atoms with Crippen LogP contribution in [-0.4, -0.2) is 60.1 Å². The van der Waals surface area contributed by atoms with Crippen molar-refractivity contribution in [2.45, 2.75) is 38.8 Å². The molecule has 1 saturated heterocycles. The van der Waals surface area contributed by atoms with E-state index in [0.717, 1.165) is 63.1 Å². The summed E-state index contributed by atoms with van der Waals surface area (Å²) >= 11 is 0. The van der Waals surface area contributed by atoms with E-state index >= 15 is 0 Å². The molecule has 2 aromatic rings. The summed E-state index contributed by atoms with van der Waals surface area (Å²) in [5, 5.41) is 15.4. The van der Waals surface area contributed by atoms with Crippen LogP contribution < -0.4 is 15.5 Å². The van der Waals surface area contributed by atoms with Gasteiger partial charge in [-0.3, -0.25) is 0 Å². The fraction of sp³-hybridized carbons (Fsp3) is 0.571. The van der Waals surface area contributed by atoms with Crippen molar-refractivity contribution in [2.24, 2.45) is 12.0 Å². The number of piperidine rings is 1. The number of anilines is 1. The first-order chi connectivity index (χ1) is 14.2. The Morgan fingerprint density at radius 2 is 2.10 bits per heavy atom. The van der Waals surface area contributed by atoms with Crippen molar-refractivity contribution >= 4 is 11.6 Å². The van der Waals surface area contributed by atoms with Gasteiger partial charge in [-0.2, -0.15) is 0 Å². The molecule has 1 unspecified atom stereocenters. The summed E-state index contributed by atoms with van der Waals surface area (Å²) in [6.07, 6.45) is 3.22. The Kier molecular flexibility index (Phi) is 7.86. The van der Waals surface area contributed by atoms with Gasteiger partial charge in [0.15, 0.2) is 11.8 Å². The molecule has 0 saturated carbocycles. The fourth-order valence-corrected chi connectivity index (χ4v) is 3.48. The van der Waals surface area contributed by atoms with E-state index in [1.165, 1.54) is 5.69 Å². The van der Waals surface area contributed by atoms with Crippen LogP contribution in [0.5, 0.6) is 0 Å². The van der Waals surface area contributed by atoms with Gasteiger partial charge >= 0.3 is 0 Å². The van der Waals surface area contributed by atoms with Crippen molar-refractivity contribution < 1.29 is 4.74 Å². The number of ether oxygens (including phenoxy) is 1. The predicted molar refractivity (Wildman–Crippen MR) is 116 cm³/mol. The summed E-state index contributed by atoms with van der Waals surface area (Å²) in [6.45, 7) is 6.04. The second-order valence-electron chi connectivity index (χ2n) is 7.43. The van der Waals surface area contributed by atoms with E-state index < -0.39 is 0 Å².